The Kier molecular flexibility index (Phi) is 6.18. The predicted octanol–water partition coefficient (Wildman–Crippen LogP) is 3.24. The summed E-state index contributed by atoms with van der Waals surface area (Å²) in [6.07, 6.45) is 3.99. The number of carbonyl (C=O) groups is 2. The lowest BCUT2D eigenvalue weighted by Crippen LogP contribution is -2.29. The molecule has 1 aliphatic heterocycles. The van der Waals surface area contributed by atoms with Gasteiger partial charge in [-0.05, 0) is 36.6 Å². The van der Waals surface area contributed by atoms with Crippen molar-refractivity contribution < 1.29 is 19.8 Å². The van der Waals surface area contributed by atoms with Gasteiger partial charge in [0.2, 0.25) is 0 Å². The van der Waals surface area contributed by atoms with Crippen molar-refractivity contribution in [3.05, 3.63) is 34.7 Å². The first-order chi connectivity index (χ1) is 11.0. The molecule has 122 valence electrons. The number of hydrogen-bond acceptors (Lipinski definition) is 5. The number of thioether (sulfide) groups is 1. The van der Waals surface area contributed by atoms with E-state index in [0.29, 0.717) is 22.2 Å². The summed E-state index contributed by atoms with van der Waals surface area (Å²) in [6, 6.07) is 6.59. The lowest BCUT2D eigenvalue weighted by atomic mass is 10.2. The van der Waals surface area contributed by atoms with Crippen LogP contribution in [0.15, 0.2) is 29.2 Å². The highest BCUT2D eigenvalue weighted by Crippen LogP contribution is 2.32. The molecule has 0 unspecified atom stereocenters. The van der Waals surface area contributed by atoms with Gasteiger partial charge in [-0.1, -0.05) is 42.5 Å². The summed E-state index contributed by atoms with van der Waals surface area (Å²) in [5, 5.41) is 17.9. The minimum Gasteiger partial charge on any atom is -0.508 e. The predicted molar refractivity (Wildman–Crippen MR) is 94.1 cm³/mol. The molecule has 7 heteroatoms. The molecule has 1 amide bonds. The number of thiocarbonyl (C=S) groups is 1. The highest BCUT2D eigenvalue weighted by atomic mass is 32.2. The smallest absolute Gasteiger partial charge is 0.303 e. The maximum Gasteiger partial charge on any atom is 0.303 e. The second kappa shape index (κ2) is 8.12. The number of unbranched alkanes of at least 4 members (excludes halogenated alkanes) is 2. The standard InChI is InChI=1S/C16H17NO4S2/c18-12-7-5-11(6-8-12)10-13-15(21)17(16(22)23-13)9-3-1-2-4-14(19)20/h5-8,10,18H,1-4,9H2,(H,19,20). The average Bonchev–Trinajstić information content (AvgIpc) is 2.76. The summed E-state index contributed by atoms with van der Waals surface area (Å²) in [7, 11) is 0. The van der Waals surface area contributed by atoms with Crippen LogP contribution in [-0.4, -0.2) is 37.9 Å². The minimum atomic E-state index is -0.799. The zero-order valence-corrected chi connectivity index (χ0v) is 14.0. The lowest BCUT2D eigenvalue weighted by Gasteiger charge is -2.13. The molecule has 0 atom stereocenters. The van der Waals surface area contributed by atoms with Crippen LogP contribution in [0, 0.1) is 0 Å². The zero-order chi connectivity index (χ0) is 16.8. The van der Waals surface area contributed by atoms with E-state index in [2.05, 4.69) is 0 Å². The third-order valence-electron chi connectivity index (χ3n) is 3.34. The molecule has 2 N–H and O–H groups in total. The summed E-state index contributed by atoms with van der Waals surface area (Å²) < 4.78 is 0.526. The van der Waals surface area contributed by atoms with Crippen molar-refractivity contribution in [1.29, 1.82) is 0 Å². The van der Waals surface area contributed by atoms with Gasteiger partial charge in [0.05, 0.1) is 4.91 Å². The highest BCUT2D eigenvalue weighted by Gasteiger charge is 2.31. The summed E-state index contributed by atoms with van der Waals surface area (Å²) in [5.74, 6) is -0.741. The number of carboxylic acid groups (broad SMARTS) is 1. The second-order valence-electron chi connectivity index (χ2n) is 5.13. The van der Waals surface area contributed by atoms with Crippen molar-refractivity contribution in [3.8, 4) is 5.75 Å². The summed E-state index contributed by atoms with van der Waals surface area (Å²) in [6.45, 7) is 0.511. The molecule has 1 saturated heterocycles. The number of phenolic OH excluding ortho intramolecular Hbond substituents is 1. The van der Waals surface area contributed by atoms with Crippen molar-refractivity contribution in [2.45, 2.75) is 25.7 Å². The fraction of sp³-hybridized carbons (Fsp3) is 0.312. The number of amides is 1. The molecule has 0 aromatic heterocycles. The zero-order valence-electron chi connectivity index (χ0n) is 12.4. The van der Waals surface area contributed by atoms with E-state index in [-0.39, 0.29) is 18.1 Å². The van der Waals surface area contributed by atoms with E-state index in [9.17, 15) is 14.7 Å². The number of carboxylic acids is 1. The summed E-state index contributed by atoms with van der Waals surface area (Å²) >= 11 is 6.51. The van der Waals surface area contributed by atoms with Crippen molar-refractivity contribution in [1.82, 2.24) is 4.90 Å². The van der Waals surface area contributed by atoms with Crippen molar-refractivity contribution >= 4 is 46.3 Å². The maximum atomic E-state index is 12.4. The van der Waals surface area contributed by atoms with Gasteiger partial charge in [-0.2, -0.15) is 0 Å². The van der Waals surface area contributed by atoms with Gasteiger partial charge in [0.15, 0.2) is 0 Å². The molecule has 0 saturated carbocycles. The Morgan fingerprint density at radius 2 is 1.91 bits per heavy atom. The molecule has 0 radical (unpaired) electrons. The minimum absolute atomic E-state index is 0.119. The van der Waals surface area contributed by atoms with Crippen LogP contribution in [-0.2, 0) is 9.59 Å². The molecule has 5 nitrogen and oxygen atoms in total. The van der Waals surface area contributed by atoms with E-state index in [1.807, 2.05) is 0 Å². The van der Waals surface area contributed by atoms with Crippen molar-refractivity contribution in [2.24, 2.45) is 0 Å². The van der Waals surface area contributed by atoms with E-state index >= 15 is 0 Å². The number of rotatable bonds is 7. The topological polar surface area (TPSA) is 77.8 Å². The monoisotopic (exact) mass is 351 g/mol. The molecule has 0 bridgehead atoms. The Bertz CT molecular complexity index is 640. The van der Waals surface area contributed by atoms with E-state index in [1.165, 1.54) is 11.8 Å². The number of hydrogen-bond donors (Lipinski definition) is 2. The molecule has 1 aromatic carbocycles. The Hall–Kier alpha value is -1.86. The van der Waals surface area contributed by atoms with E-state index in [4.69, 9.17) is 17.3 Å². The molecule has 1 fully saturated rings. The van der Waals surface area contributed by atoms with Crippen LogP contribution < -0.4 is 0 Å². The number of benzene rings is 1. The van der Waals surface area contributed by atoms with Gasteiger partial charge in [-0.3, -0.25) is 14.5 Å². The lowest BCUT2D eigenvalue weighted by molar-refractivity contribution is -0.137. The van der Waals surface area contributed by atoms with Crippen molar-refractivity contribution in [2.75, 3.05) is 6.54 Å². The highest BCUT2D eigenvalue weighted by molar-refractivity contribution is 8.26. The fourth-order valence-corrected chi connectivity index (χ4v) is 3.45. The van der Waals surface area contributed by atoms with Crippen LogP contribution in [0.25, 0.3) is 6.08 Å². The molecule has 1 aliphatic rings. The maximum absolute atomic E-state index is 12.4. The van der Waals surface area contributed by atoms with Gasteiger partial charge in [-0.25, -0.2) is 0 Å². The molecule has 0 spiro atoms. The summed E-state index contributed by atoms with van der Waals surface area (Å²) in [4.78, 5) is 24.9. The van der Waals surface area contributed by atoms with Gasteiger partial charge in [-0.15, -0.1) is 0 Å². The first kappa shape index (κ1) is 17.5. The Balaban J connectivity index is 1.91. The van der Waals surface area contributed by atoms with Crippen LogP contribution in [0.1, 0.15) is 31.2 Å². The van der Waals surface area contributed by atoms with E-state index in [0.717, 1.165) is 18.4 Å². The molecular weight excluding hydrogens is 334 g/mol. The SMILES string of the molecule is O=C(O)CCCCCN1C(=O)C(=Cc2ccc(O)cc2)SC1=S. The first-order valence-corrected chi connectivity index (χ1v) is 8.46. The third-order valence-corrected chi connectivity index (χ3v) is 4.71. The van der Waals surface area contributed by atoms with Gasteiger partial charge < -0.3 is 10.2 Å². The molecule has 1 aromatic rings. The first-order valence-electron chi connectivity index (χ1n) is 7.23. The third kappa shape index (κ3) is 5.07. The molecule has 2 rings (SSSR count). The fourth-order valence-electron chi connectivity index (χ4n) is 2.14. The Labute approximate surface area is 144 Å². The molecule has 1 heterocycles. The van der Waals surface area contributed by atoms with Gasteiger partial charge in [0.1, 0.15) is 10.1 Å². The van der Waals surface area contributed by atoms with Crippen LogP contribution >= 0.6 is 24.0 Å². The largest absolute Gasteiger partial charge is 0.508 e. The van der Waals surface area contributed by atoms with Crippen LogP contribution in [0.2, 0.25) is 0 Å². The number of phenols is 1. The Morgan fingerprint density at radius 3 is 2.57 bits per heavy atom. The van der Waals surface area contributed by atoms with E-state index < -0.39 is 5.97 Å². The number of aromatic hydroxyl groups is 1. The van der Waals surface area contributed by atoms with Gasteiger partial charge in [0.25, 0.3) is 5.91 Å². The van der Waals surface area contributed by atoms with Crippen LogP contribution in [0.3, 0.4) is 0 Å². The molecular formula is C16H17NO4S2. The Morgan fingerprint density at radius 1 is 1.22 bits per heavy atom. The summed E-state index contributed by atoms with van der Waals surface area (Å²) in [5.41, 5.74) is 0.824. The number of nitrogens with zero attached hydrogens (tertiary/aromatic N) is 1. The van der Waals surface area contributed by atoms with Gasteiger partial charge >= 0.3 is 5.97 Å². The molecule has 0 aliphatic carbocycles. The quantitative estimate of drug-likeness (QED) is 0.446. The second-order valence-corrected chi connectivity index (χ2v) is 6.81. The normalized spacial score (nSPS) is 16.3. The van der Waals surface area contributed by atoms with Crippen LogP contribution in [0.4, 0.5) is 0 Å². The van der Waals surface area contributed by atoms with Gasteiger partial charge in [0, 0.05) is 13.0 Å². The number of aliphatic carboxylic acids is 1. The molecule has 23 heavy (non-hydrogen) atoms. The van der Waals surface area contributed by atoms with E-state index in [1.54, 1.807) is 35.2 Å². The average molecular weight is 351 g/mol. The number of carbonyl (C=O) groups excluding carboxylic acids is 1. The van der Waals surface area contributed by atoms with Crippen molar-refractivity contribution in [3.63, 3.8) is 0 Å². The van der Waals surface area contributed by atoms with Crippen LogP contribution in [0.5, 0.6) is 5.75 Å².